The SMILES string of the molecule is CC(O)(CN)CCOc1ccc(Cl)c(Cl)c1. The largest absolute Gasteiger partial charge is 0.493 e. The number of rotatable bonds is 5. The second-order valence-corrected chi connectivity index (χ2v) is 4.69. The number of hydrogen-bond acceptors (Lipinski definition) is 3. The van der Waals surface area contributed by atoms with Gasteiger partial charge in [-0.3, -0.25) is 0 Å². The van der Waals surface area contributed by atoms with Gasteiger partial charge in [0.05, 0.1) is 22.3 Å². The average Bonchev–Trinajstić information content (AvgIpc) is 2.23. The van der Waals surface area contributed by atoms with Gasteiger partial charge in [0.1, 0.15) is 5.75 Å². The average molecular weight is 264 g/mol. The van der Waals surface area contributed by atoms with Crippen LogP contribution >= 0.6 is 23.2 Å². The van der Waals surface area contributed by atoms with E-state index in [1.54, 1.807) is 25.1 Å². The lowest BCUT2D eigenvalue weighted by molar-refractivity contribution is 0.0453. The summed E-state index contributed by atoms with van der Waals surface area (Å²) in [6.45, 7) is 2.26. The van der Waals surface area contributed by atoms with E-state index >= 15 is 0 Å². The highest BCUT2D eigenvalue weighted by Crippen LogP contribution is 2.26. The van der Waals surface area contributed by atoms with Crippen LogP contribution in [0.1, 0.15) is 13.3 Å². The second kappa shape index (κ2) is 5.73. The molecule has 3 nitrogen and oxygen atoms in total. The zero-order valence-corrected chi connectivity index (χ0v) is 10.6. The lowest BCUT2D eigenvalue weighted by Gasteiger charge is -2.20. The van der Waals surface area contributed by atoms with Crippen molar-refractivity contribution >= 4 is 23.2 Å². The molecule has 0 bridgehead atoms. The van der Waals surface area contributed by atoms with Crippen LogP contribution in [0.4, 0.5) is 0 Å². The Bertz CT molecular complexity index is 356. The molecule has 0 heterocycles. The van der Waals surface area contributed by atoms with E-state index in [-0.39, 0.29) is 6.54 Å². The fourth-order valence-electron chi connectivity index (χ4n) is 1.06. The zero-order valence-electron chi connectivity index (χ0n) is 9.04. The van der Waals surface area contributed by atoms with Crippen molar-refractivity contribution in [2.45, 2.75) is 18.9 Å². The normalized spacial score (nSPS) is 14.6. The Morgan fingerprint density at radius 1 is 1.38 bits per heavy atom. The molecular weight excluding hydrogens is 249 g/mol. The molecule has 1 unspecified atom stereocenters. The number of halogens is 2. The first-order valence-electron chi connectivity index (χ1n) is 4.95. The van der Waals surface area contributed by atoms with E-state index in [4.69, 9.17) is 33.7 Å². The van der Waals surface area contributed by atoms with Crippen molar-refractivity contribution in [2.24, 2.45) is 5.73 Å². The summed E-state index contributed by atoms with van der Waals surface area (Å²) in [7, 11) is 0. The molecule has 90 valence electrons. The predicted octanol–water partition coefficient (Wildman–Crippen LogP) is 2.47. The Kier molecular flexibility index (Phi) is 4.87. The van der Waals surface area contributed by atoms with Gasteiger partial charge < -0.3 is 15.6 Å². The third kappa shape index (κ3) is 4.18. The summed E-state index contributed by atoms with van der Waals surface area (Å²) >= 11 is 11.6. The summed E-state index contributed by atoms with van der Waals surface area (Å²) < 4.78 is 5.42. The van der Waals surface area contributed by atoms with Gasteiger partial charge in [0, 0.05) is 19.0 Å². The van der Waals surface area contributed by atoms with Crippen LogP contribution < -0.4 is 10.5 Å². The summed E-state index contributed by atoms with van der Waals surface area (Å²) in [5.74, 6) is 0.627. The first kappa shape index (κ1) is 13.6. The fourth-order valence-corrected chi connectivity index (χ4v) is 1.35. The molecule has 1 aromatic carbocycles. The summed E-state index contributed by atoms with van der Waals surface area (Å²) in [5.41, 5.74) is 4.49. The molecule has 3 N–H and O–H groups in total. The number of nitrogens with two attached hydrogens (primary N) is 1. The number of hydrogen-bond donors (Lipinski definition) is 2. The van der Waals surface area contributed by atoms with Crippen LogP contribution in [-0.4, -0.2) is 23.9 Å². The quantitative estimate of drug-likeness (QED) is 0.858. The number of aliphatic hydroxyl groups is 1. The van der Waals surface area contributed by atoms with E-state index in [9.17, 15) is 5.11 Å². The molecule has 0 aliphatic rings. The molecular formula is C11H15Cl2NO2. The van der Waals surface area contributed by atoms with Crippen molar-refractivity contribution in [1.29, 1.82) is 0 Å². The van der Waals surface area contributed by atoms with Crippen molar-refractivity contribution < 1.29 is 9.84 Å². The number of ether oxygens (including phenoxy) is 1. The van der Waals surface area contributed by atoms with E-state index < -0.39 is 5.60 Å². The molecule has 0 aliphatic heterocycles. The van der Waals surface area contributed by atoms with Crippen LogP contribution in [0, 0.1) is 0 Å². The maximum atomic E-state index is 9.65. The molecule has 1 atom stereocenters. The first-order valence-corrected chi connectivity index (χ1v) is 5.70. The minimum atomic E-state index is -0.893. The standard InChI is InChI=1S/C11H15Cl2NO2/c1-11(15,7-14)4-5-16-8-2-3-9(12)10(13)6-8/h2-3,6,15H,4-5,7,14H2,1H3. The molecule has 0 saturated carbocycles. The highest BCUT2D eigenvalue weighted by molar-refractivity contribution is 6.42. The molecule has 0 amide bonds. The third-order valence-electron chi connectivity index (χ3n) is 2.24. The minimum Gasteiger partial charge on any atom is -0.493 e. The smallest absolute Gasteiger partial charge is 0.120 e. The van der Waals surface area contributed by atoms with Crippen molar-refractivity contribution in [3.63, 3.8) is 0 Å². The highest BCUT2D eigenvalue weighted by Gasteiger charge is 2.17. The number of benzene rings is 1. The minimum absolute atomic E-state index is 0.206. The van der Waals surface area contributed by atoms with E-state index in [2.05, 4.69) is 0 Å². The van der Waals surface area contributed by atoms with Gasteiger partial charge in [0.25, 0.3) is 0 Å². The Morgan fingerprint density at radius 3 is 2.62 bits per heavy atom. The first-order chi connectivity index (χ1) is 7.44. The van der Waals surface area contributed by atoms with E-state index in [1.807, 2.05) is 0 Å². The molecule has 0 aliphatic carbocycles. The molecule has 5 heteroatoms. The lowest BCUT2D eigenvalue weighted by atomic mass is 10.0. The fraction of sp³-hybridized carbons (Fsp3) is 0.455. The Labute approximate surface area is 105 Å². The molecule has 0 fully saturated rings. The second-order valence-electron chi connectivity index (χ2n) is 3.88. The predicted molar refractivity (Wildman–Crippen MR) is 66.3 cm³/mol. The van der Waals surface area contributed by atoms with E-state index in [1.165, 1.54) is 0 Å². The topological polar surface area (TPSA) is 55.5 Å². The van der Waals surface area contributed by atoms with Crippen LogP contribution in [0.2, 0.25) is 10.0 Å². The van der Waals surface area contributed by atoms with Crippen molar-refractivity contribution in [3.8, 4) is 5.75 Å². The van der Waals surface area contributed by atoms with Gasteiger partial charge in [0.2, 0.25) is 0 Å². The zero-order chi connectivity index (χ0) is 12.2. The summed E-state index contributed by atoms with van der Waals surface area (Å²) in [6.07, 6.45) is 0.462. The van der Waals surface area contributed by atoms with Crippen LogP contribution in [0.3, 0.4) is 0 Å². The van der Waals surface area contributed by atoms with Gasteiger partial charge in [-0.05, 0) is 19.1 Å². The van der Waals surface area contributed by atoms with Gasteiger partial charge in [-0.15, -0.1) is 0 Å². The molecule has 1 rings (SSSR count). The van der Waals surface area contributed by atoms with Crippen LogP contribution in [0.25, 0.3) is 0 Å². The maximum absolute atomic E-state index is 9.65. The van der Waals surface area contributed by atoms with Gasteiger partial charge in [0.15, 0.2) is 0 Å². The molecule has 1 aromatic rings. The van der Waals surface area contributed by atoms with Gasteiger partial charge in [-0.25, -0.2) is 0 Å². The molecule has 0 saturated heterocycles. The van der Waals surface area contributed by atoms with Crippen molar-refractivity contribution in [2.75, 3.05) is 13.2 Å². The molecule has 0 spiro atoms. The molecule has 0 radical (unpaired) electrons. The molecule has 16 heavy (non-hydrogen) atoms. The summed E-state index contributed by atoms with van der Waals surface area (Å²) in [6, 6.07) is 5.03. The van der Waals surface area contributed by atoms with Crippen molar-refractivity contribution in [1.82, 2.24) is 0 Å². The van der Waals surface area contributed by atoms with E-state index in [0.717, 1.165) is 0 Å². The lowest BCUT2D eigenvalue weighted by Crippen LogP contribution is -2.35. The van der Waals surface area contributed by atoms with Crippen molar-refractivity contribution in [3.05, 3.63) is 28.2 Å². The third-order valence-corrected chi connectivity index (χ3v) is 2.98. The Hall–Kier alpha value is -0.480. The monoisotopic (exact) mass is 263 g/mol. The van der Waals surface area contributed by atoms with Crippen LogP contribution in [0.5, 0.6) is 5.75 Å². The highest BCUT2D eigenvalue weighted by atomic mass is 35.5. The van der Waals surface area contributed by atoms with Gasteiger partial charge in [-0.1, -0.05) is 23.2 Å². The Morgan fingerprint density at radius 2 is 2.06 bits per heavy atom. The van der Waals surface area contributed by atoms with Crippen LogP contribution in [0.15, 0.2) is 18.2 Å². The summed E-state index contributed by atoms with van der Waals surface area (Å²) in [5, 5.41) is 10.6. The maximum Gasteiger partial charge on any atom is 0.120 e. The van der Waals surface area contributed by atoms with Crippen LogP contribution in [-0.2, 0) is 0 Å². The molecule has 0 aromatic heterocycles. The van der Waals surface area contributed by atoms with Gasteiger partial charge in [-0.2, -0.15) is 0 Å². The Balaban J connectivity index is 2.46. The van der Waals surface area contributed by atoms with Gasteiger partial charge >= 0.3 is 0 Å². The summed E-state index contributed by atoms with van der Waals surface area (Å²) in [4.78, 5) is 0. The van der Waals surface area contributed by atoms with E-state index in [0.29, 0.717) is 28.8 Å².